The molecule has 0 atom stereocenters. The maximum atomic E-state index is 9.94. The number of hydrogen-bond acceptors (Lipinski definition) is 4. The molecule has 3 aromatic rings. The van der Waals surface area contributed by atoms with Crippen molar-refractivity contribution in [2.45, 2.75) is 0 Å². The highest BCUT2D eigenvalue weighted by atomic mass is 16.3. The number of azo groups is 1. The Kier molecular flexibility index (Phi) is 3.05. The second kappa shape index (κ2) is 5.01. The molecule has 0 saturated carbocycles. The van der Waals surface area contributed by atoms with Crippen LogP contribution in [-0.4, -0.2) is 10.2 Å². The topological polar surface area (TPSA) is 65.2 Å². The van der Waals surface area contributed by atoms with Crippen molar-refractivity contribution < 1.29 is 10.2 Å². The summed E-state index contributed by atoms with van der Waals surface area (Å²) in [5.74, 6) is 0.233. The molecule has 0 amide bonds. The lowest BCUT2D eigenvalue weighted by Crippen LogP contribution is -1.75. The Labute approximate surface area is 115 Å². The molecular formula is C16H12N2O2. The summed E-state index contributed by atoms with van der Waals surface area (Å²) in [6.45, 7) is 0. The van der Waals surface area contributed by atoms with Crippen LogP contribution in [-0.2, 0) is 0 Å². The molecule has 0 radical (unpaired) electrons. The van der Waals surface area contributed by atoms with E-state index in [1.165, 1.54) is 0 Å². The van der Waals surface area contributed by atoms with Crippen LogP contribution in [0.25, 0.3) is 10.8 Å². The Bertz CT molecular complexity index is 783. The molecule has 0 aromatic heterocycles. The van der Waals surface area contributed by atoms with E-state index >= 15 is 0 Å². The third-order valence-electron chi connectivity index (χ3n) is 2.98. The highest BCUT2D eigenvalue weighted by Gasteiger charge is 2.06. The fourth-order valence-electron chi connectivity index (χ4n) is 2.00. The lowest BCUT2D eigenvalue weighted by atomic mass is 10.1. The molecular weight excluding hydrogens is 252 g/mol. The van der Waals surface area contributed by atoms with Crippen LogP contribution in [0.1, 0.15) is 0 Å². The molecule has 4 heteroatoms. The first-order valence-corrected chi connectivity index (χ1v) is 6.15. The Morgan fingerprint density at radius 1 is 0.750 bits per heavy atom. The zero-order valence-electron chi connectivity index (χ0n) is 10.6. The van der Waals surface area contributed by atoms with Gasteiger partial charge >= 0.3 is 0 Å². The summed E-state index contributed by atoms with van der Waals surface area (Å²) in [4.78, 5) is 0. The van der Waals surface area contributed by atoms with Gasteiger partial charge in [-0.1, -0.05) is 24.3 Å². The summed E-state index contributed by atoms with van der Waals surface area (Å²) < 4.78 is 0. The summed E-state index contributed by atoms with van der Waals surface area (Å²) in [5, 5.41) is 29.2. The van der Waals surface area contributed by atoms with Crippen LogP contribution in [0.15, 0.2) is 70.9 Å². The molecule has 0 aliphatic carbocycles. The summed E-state index contributed by atoms with van der Waals surface area (Å²) in [7, 11) is 0. The van der Waals surface area contributed by atoms with Crippen LogP contribution < -0.4 is 0 Å². The number of nitrogens with zero attached hydrogens (tertiary/aromatic N) is 2. The fraction of sp³-hybridized carbons (Fsp3) is 0. The molecule has 3 rings (SSSR count). The van der Waals surface area contributed by atoms with Gasteiger partial charge in [0.1, 0.15) is 17.2 Å². The molecule has 0 fully saturated rings. The summed E-state index contributed by atoms with van der Waals surface area (Å²) in [6, 6.07) is 17.5. The molecule has 0 heterocycles. The SMILES string of the molecule is Oc1ccc2c(N=Nc3ccccc3)c(O)ccc2c1. The molecule has 0 aliphatic heterocycles. The van der Waals surface area contributed by atoms with Gasteiger partial charge < -0.3 is 10.2 Å². The van der Waals surface area contributed by atoms with E-state index in [0.29, 0.717) is 11.4 Å². The molecule has 20 heavy (non-hydrogen) atoms. The number of rotatable bonds is 2. The normalized spacial score (nSPS) is 11.2. The minimum atomic E-state index is 0.0582. The van der Waals surface area contributed by atoms with Crippen molar-refractivity contribution in [3.05, 3.63) is 60.7 Å². The van der Waals surface area contributed by atoms with Gasteiger partial charge in [0, 0.05) is 5.39 Å². The van der Waals surface area contributed by atoms with Crippen LogP contribution in [0.4, 0.5) is 11.4 Å². The number of phenolic OH excluding ortho intramolecular Hbond substituents is 2. The quantitative estimate of drug-likeness (QED) is 0.661. The van der Waals surface area contributed by atoms with E-state index in [1.807, 2.05) is 30.3 Å². The van der Waals surface area contributed by atoms with Crippen molar-refractivity contribution in [2.24, 2.45) is 10.2 Å². The number of aromatic hydroxyl groups is 2. The average molecular weight is 264 g/mol. The number of hydrogen-bond donors (Lipinski definition) is 2. The first-order chi connectivity index (χ1) is 9.74. The molecule has 0 saturated heterocycles. The van der Waals surface area contributed by atoms with E-state index in [1.54, 1.807) is 30.3 Å². The maximum absolute atomic E-state index is 9.94. The van der Waals surface area contributed by atoms with Gasteiger partial charge in [0.2, 0.25) is 0 Å². The van der Waals surface area contributed by atoms with Gasteiger partial charge in [0.25, 0.3) is 0 Å². The van der Waals surface area contributed by atoms with Gasteiger partial charge in [0.05, 0.1) is 5.69 Å². The van der Waals surface area contributed by atoms with Crippen LogP contribution in [0.2, 0.25) is 0 Å². The molecule has 0 aliphatic rings. The lowest BCUT2D eigenvalue weighted by molar-refractivity contribution is 0.474. The van der Waals surface area contributed by atoms with Gasteiger partial charge in [-0.25, -0.2) is 0 Å². The molecule has 4 nitrogen and oxygen atoms in total. The van der Waals surface area contributed by atoms with Crippen LogP contribution >= 0.6 is 0 Å². The third kappa shape index (κ3) is 2.31. The van der Waals surface area contributed by atoms with E-state index in [-0.39, 0.29) is 11.5 Å². The molecule has 0 spiro atoms. The Balaban J connectivity index is 2.11. The van der Waals surface area contributed by atoms with E-state index in [2.05, 4.69) is 10.2 Å². The summed E-state index contributed by atoms with van der Waals surface area (Å²) in [6.07, 6.45) is 0. The first-order valence-electron chi connectivity index (χ1n) is 6.15. The lowest BCUT2D eigenvalue weighted by Gasteiger charge is -2.04. The molecule has 2 N–H and O–H groups in total. The predicted molar refractivity (Wildman–Crippen MR) is 77.9 cm³/mol. The van der Waals surface area contributed by atoms with Gasteiger partial charge in [0.15, 0.2) is 0 Å². The highest BCUT2D eigenvalue weighted by molar-refractivity contribution is 5.95. The maximum Gasteiger partial charge on any atom is 0.143 e. The predicted octanol–water partition coefficient (Wildman–Crippen LogP) is 4.67. The minimum absolute atomic E-state index is 0.0582. The molecule has 0 unspecified atom stereocenters. The van der Waals surface area contributed by atoms with Crippen LogP contribution in [0, 0.1) is 0 Å². The minimum Gasteiger partial charge on any atom is -0.508 e. The van der Waals surface area contributed by atoms with E-state index in [0.717, 1.165) is 10.8 Å². The highest BCUT2D eigenvalue weighted by Crippen LogP contribution is 2.37. The fourth-order valence-corrected chi connectivity index (χ4v) is 2.00. The molecule has 3 aromatic carbocycles. The van der Waals surface area contributed by atoms with Crippen molar-refractivity contribution in [1.29, 1.82) is 0 Å². The average Bonchev–Trinajstić information content (AvgIpc) is 2.47. The largest absolute Gasteiger partial charge is 0.508 e. The van der Waals surface area contributed by atoms with Gasteiger partial charge in [-0.3, -0.25) is 0 Å². The zero-order valence-corrected chi connectivity index (χ0v) is 10.6. The van der Waals surface area contributed by atoms with E-state index in [4.69, 9.17) is 0 Å². The van der Waals surface area contributed by atoms with Crippen molar-refractivity contribution in [2.75, 3.05) is 0 Å². The van der Waals surface area contributed by atoms with Crippen molar-refractivity contribution in [3.63, 3.8) is 0 Å². The van der Waals surface area contributed by atoms with Crippen molar-refractivity contribution in [1.82, 2.24) is 0 Å². The third-order valence-corrected chi connectivity index (χ3v) is 2.98. The number of fused-ring (bicyclic) bond motifs is 1. The first kappa shape index (κ1) is 12.2. The number of benzene rings is 3. The second-order valence-electron chi connectivity index (χ2n) is 4.37. The standard InChI is InChI=1S/C16H12N2O2/c19-13-7-8-14-11(10-13)6-9-15(20)16(14)18-17-12-4-2-1-3-5-12/h1-10,19-20H. The second-order valence-corrected chi connectivity index (χ2v) is 4.37. The zero-order chi connectivity index (χ0) is 13.9. The Morgan fingerprint density at radius 3 is 2.35 bits per heavy atom. The molecule has 0 bridgehead atoms. The monoisotopic (exact) mass is 264 g/mol. The number of phenols is 2. The summed E-state index contributed by atoms with van der Waals surface area (Å²) in [5.41, 5.74) is 1.11. The molecule has 98 valence electrons. The van der Waals surface area contributed by atoms with E-state index < -0.39 is 0 Å². The Morgan fingerprint density at radius 2 is 1.55 bits per heavy atom. The summed E-state index contributed by atoms with van der Waals surface area (Å²) >= 11 is 0. The van der Waals surface area contributed by atoms with Crippen molar-refractivity contribution >= 4 is 22.1 Å². The van der Waals surface area contributed by atoms with Crippen LogP contribution in [0.3, 0.4) is 0 Å². The van der Waals surface area contributed by atoms with Gasteiger partial charge in [-0.15, -0.1) is 5.11 Å². The Hall–Kier alpha value is -2.88. The van der Waals surface area contributed by atoms with Crippen LogP contribution in [0.5, 0.6) is 11.5 Å². The van der Waals surface area contributed by atoms with Gasteiger partial charge in [-0.2, -0.15) is 5.11 Å². The van der Waals surface area contributed by atoms with E-state index in [9.17, 15) is 10.2 Å². The smallest absolute Gasteiger partial charge is 0.143 e. The van der Waals surface area contributed by atoms with Crippen molar-refractivity contribution in [3.8, 4) is 11.5 Å². The van der Waals surface area contributed by atoms with Gasteiger partial charge in [-0.05, 0) is 41.8 Å².